The number of aromatic nitrogens is 3. The molecule has 0 saturated carbocycles. The van der Waals surface area contributed by atoms with Gasteiger partial charge < -0.3 is 14.5 Å². The fourth-order valence-electron chi connectivity index (χ4n) is 5.05. The second-order valence-corrected chi connectivity index (χ2v) is 9.99. The molecule has 0 N–H and O–H groups in total. The van der Waals surface area contributed by atoms with Crippen LogP contribution in [0.2, 0.25) is 0 Å². The van der Waals surface area contributed by atoms with Crippen LogP contribution in [-0.2, 0) is 22.4 Å². The van der Waals surface area contributed by atoms with Crippen LogP contribution < -0.4 is 4.90 Å². The second kappa shape index (κ2) is 8.96. The molecular weight excluding hydrogens is 436 g/mol. The van der Waals surface area contributed by atoms with Crippen LogP contribution in [0.4, 0.5) is 5.82 Å². The van der Waals surface area contributed by atoms with Gasteiger partial charge >= 0.3 is 0 Å². The molecule has 0 unspecified atom stereocenters. The number of ether oxygens (including phenoxy) is 1. The number of pyridine rings is 1. The Hall–Kier alpha value is -2.62. The number of fused-ring (bicyclic) bond motifs is 3. The average molecular weight is 465 g/mol. The summed E-state index contributed by atoms with van der Waals surface area (Å²) in [5.41, 5.74) is 2.40. The first-order chi connectivity index (χ1) is 16.3. The molecule has 0 radical (unpaired) electrons. The summed E-state index contributed by atoms with van der Waals surface area (Å²) >= 11 is 1.83. The number of hydrogen-bond donors (Lipinski definition) is 0. The highest BCUT2D eigenvalue weighted by atomic mass is 32.1. The number of rotatable bonds is 4. The first-order valence-corrected chi connectivity index (χ1v) is 12.6. The van der Waals surface area contributed by atoms with Gasteiger partial charge in [-0.25, -0.2) is 9.97 Å². The number of piperazine rings is 1. The lowest BCUT2D eigenvalue weighted by atomic mass is 10.1. The van der Waals surface area contributed by atoms with E-state index < -0.39 is 0 Å². The number of anilines is 1. The fourth-order valence-corrected chi connectivity index (χ4v) is 6.31. The van der Waals surface area contributed by atoms with E-state index in [2.05, 4.69) is 14.8 Å². The highest BCUT2D eigenvalue weighted by molar-refractivity contribution is 7.19. The third kappa shape index (κ3) is 4.09. The number of amides is 1. The lowest BCUT2D eigenvalue weighted by Crippen LogP contribution is -2.51. The van der Waals surface area contributed by atoms with Crippen molar-refractivity contribution in [3.63, 3.8) is 0 Å². The molecule has 2 aliphatic heterocycles. The quantitative estimate of drug-likeness (QED) is 0.586. The molecule has 2 fully saturated rings. The number of thiophene rings is 1. The normalized spacial score (nSPS) is 19.3. The Morgan fingerprint density at radius 3 is 2.70 bits per heavy atom. The summed E-state index contributed by atoms with van der Waals surface area (Å²) in [5, 5.41) is 1.25. The van der Waals surface area contributed by atoms with E-state index >= 15 is 0 Å². The predicted molar refractivity (Wildman–Crippen MR) is 129 cm³/mol. The van der Waals surface area contributed by atoms with Crippen LogP contribution in [0.25, 0.3) is 21.6 Å². The highest BCUT2D eigenvalue weighted by Gasteiger charge is 2.28. The Morgan fingerprint density at radius 2 is 1.91 bits per heavy atom. The lowest BCUT2D eigenvalue weighted by molar-refractivity contribution is -0.136. The van der Waals surface area contributed by atoms with Crippen LogP contribution in [0.15, 0.2) is 24.5 Å². The summed E-state index contributed by atoms with van der Waals surface area (Å²) < 4.78 is 5.38. The van der Waals surface area contributed by atoms with Crippen LogP contribution in [-0.4, -0.2) is 89.7 Å². The summed E-state index contributed by atoms with van der Waals surface area (Å²) in [5.74, 6) is 2.01. The van der Waals surface area contributed by atoms with Gasteiger partial charge in [-0.3, -0.25) is 14.7 Å². The van der Waals surface area contributed by atoms with Crippen molar-refractivity contribution in [1.82, 2.24) is 24.8 Å². The summed E-state index contributed by atoms with van der Waals surface area (Å²) in [7, 11) is 0. The molecular formula is C24H28N6O2S. The molecule has 1 amide bonds. The molecule has 9 heteroatoms. The van der Waals surface area contributed by atoms with Crippen molar-refractivity contribution in [2.75, 3.05) is 63.9 Å². The zero-order chi connectivity index (χ0) is 22.2. The molecule has 1 aliphatic carbocycles. The van der Waals surface area contributed by atoms with Gasteiger partial charge in [0.1, 0.15) is 10.6 Å². The van der Waals surface area contributed by atoms with Gasteiger partial charge in [0.2, 0.25) is 5.91 Å². The Morgan fingerprint density at radius 1 is 1.06 bits per heavy atom. The summed E-state index contributed by atoms with van der Waals surface area (Å²) in [6.07, 6.45) is 7.10. The molecule has 3 aromatic rings. The van der Waals surface area contributed by atoms with Gasteiger partial charge in [-0.2, -0.15) is 0 Å². The fraction of sp³-hybridized carbons (Fsp3) is 0.500. The molecule has 5 heterocycles. The number of carbonyl (C=O) groups is 1. The van der Waals surface area contributed by atoms with Crippen LogP contribution >= 0.6 is 11.3 Å². The predicted octanol–water partition coefficient (Wildman–Crippen LogP) is 2.22. The number of morpholine rings is 1. The van der Waals surface area contributed by atoms with E-state index in [1.54, 1.807) is 6.20 Å². The van der Waals surface area contributed by atoms with Gasteiger partial charge in [-0.1, -0.05) is 0 Å². The van der Waals surface area contributed by atoms with Gasteiger partial charge in [0, 0.05) is 62.1 Å². The molecule has 3 aromatic heterocycles. The third-order valence-corrected chi connectivity index (χ3v) is 8.05. The smallest absolute Gasteiger partial charge is 0.236 e. The Labute approximate surface area is 197 Å². The van der Waals surface area contributed by atoms with E-state index in [0.717, 1.165) is 61.1 Å². The number of hydrogen-bond acceptors (Lipinski definition) is 8. The number of aryl methyl sites for hydroxylation is 2. The maximum atomic E-state index is 12.7. The van der Waals surface area contributed by atoms with Gasteiger partial charge in [0.25, 0.3) is 0 Å². The molecule has 2 saturated heterocycles. The van der Waals surface area contributed by atoms with Crippen molar-refractivity contribution >= 4 is 33.3 Å². The van der Waals surface area contributed by atoms with Gasteiger partial charge in [0.05, 0.1) is 25.1 Å². The van der Waals surface area contributed by atoms with Gasteiger partial charge in [-0.05, 0) is 37.0 Å². The van der Waals surface area contributed by atoms with E-state index in [9.17, 15) is 4.79 Å². The number of nitrogens with zero attached hydrogens (tertiary/aromatic N) is 6. The van der Waals surface area contributed by atoms with E-state index in [1.807, 2.05) is 34.6 Å². The van der Waals surface area contributed by atoms with Crippen molar-refractivity contribution in [2.45, 2.75) is 19.3 Å². The molecule has 0 atom stereocenters. The summed E-state index contributed by atoms with van der Waals surface area (Å²) in [6.45, 7) is 6.63. The van der Waals surface area contributed by atoms with E-state index in [4.69, 9.17) is 14.7 Å². The molecule has 0 aromatic carbocycles. The van der Waals surface area contributed by atoms with Crippen LogP contribution in [0.3, 0.4) is 0 Å². The van der Waals surface area contributed by atoms with E-state index in [0.29, 0.717) is 32.8 Å². The maximum Gasteiger partial charge on any atom is 0.236 e. The van der Waals surface area contributed by atoms with Crippen molar-refractivity contribution in [3.05, 3.63) is 35.0 Å². The molecule has 3 aliphatic rings. The summed E-state index contributed by atoms with van der Waals surface area (Å²) in [6, 6.07) is 3.95. The Bertz CT molecular complexity index is 1150. The van der Waals surface area contributed by atoms with Crippen LogP contribution in [0.1, 0.15) is 16.9 Å². The second-order valence-electron chi connectivity index (χ2n) is 8.91. The standard InChI is InChI=1S/C24H28N6O2S/c31-20(29-11-13-32-14-12-29)16-28-7-9-30(10-8-28)23-21-18-4-1-5-19(18)33-24(21)27-22(26-23)17-3-2-6-25-15-17/h2-3,6,15H,1,4-5,7-14,16H2. The average Bonchev–Trinajstić information content (AvgIpc) is 3.46. The first kappa shape index (κ1) is 20.9. The SMILES string of the molecule is O=C(CN1CCN(c2nc(-c3cccnc3)nc3sc4c(c23)CCC4)CC1)N1CCOCC1. The monoisotopic (exact) mass is 464 g/mol. The highest BCUT2D eigenvalue weighted by Crippen LogP contribution is 2.41. The summed E-state index contributed by atoms with van der Waals surface area (Å²) in [4.78, 5) is 36.1. The third-order valence-electron chi connectivity index (χ3n) is 6.86. The minimum Gasteiger partial charge on any atom is -0.378 e. The van der Waals surface area contributed by atoms with Crippen molar-refractivity contribution in [3.8, 4) is 11.4 Å². The van der Waals surface area contributed by atoms with Crippen molar-refractivity contribution < 1.29 is 9.53 Å². The first-order valence-electron chi connectivity index (χ1n) is 11.8. The Kier molecular flexibility index (Phi) is 5.69. The zero-order valence-electron chi connectivity index (χ0n) is 18.7. The van der Waals surface area contributed by atoms with Crippen molar-refractivity contribution in [2.24, 2.45) is 0 Å². The van der Waals surface area contributed by atoms with E-state index in [1.165, 1.54) is 22.2 Å². The van der Waals surface area contributed by atoms with Crippen LogP contribution in [0, 0.1) is 0 Å². The minimum atomic E-state index is 0.214. The molecule has 0 spiro atoms. The van der Waals surface area contributed by atoms with Gasteiger partial charge in [0.15, 0.2) is 5.82 Å². The molecule has 172 valence electrons. The van der Waals surface area contributed by atoms with Crippen molar-refractivity contribution in [1.29, 1.82) is 0 Å². The van der Waals surface area contributed by atoms with Crippen LogP contribution in [0.5, 0.6) is 0 Å². The minimum absolute atomic E-state index is 0.214. The number of carbonyl (C=O) groups excluding carboxylic acids is 1. The molecule has 33 heavy (non-hydrogen) atoms. The topological polar surface area (TPSA) is 74.7 Å². The maximum absolute atomic E-state index is 12.7. The van der Waals surface area contributed by atoms with E-state index in [-0.39, 0.29) is 5.91 Å². The van der Waals surface area contributed by atoms with Gasteiger partial charge in [-0.15, -0.1) is 11.3 Å². The largest absolute Gasteiger partial charge is 0.378 e. The lowest BCUT2D eigenvalue weighted by Gasteiger charge is -2.37. The molecule has 0 bridgehead atoms. The molecule has 6 rings (SSSR count). The molecule has 8 nitrogen and oxygen atoms in total. The zero-order valence-corrected chi connectivity index (χ0v) is 19.5. The Balaban J connectivity index is 1.24.